The molecule has 2 aromatic rings. The molecule has 0 spiro atoms. The number of nitrogens with zero attached hydrogens (tertiary/aromatic N) is 1. The Morgan fingerprint density at radius 2 is 1.70 bits per heavy atom. The molecule has 0 bridgehead atoms. The van der Waals surface area contributed by atoms with E-state index in [1.165, 1.54) is 12.0 Å². The molecule has 1 heterocycles. The van der Waals surface area contributed by atoms with Crippen molar-refractivity contribution in [3.8, 4) is 0 Å². The summed E-state index contributed by atoms with van der Waals surface area (Å²) in [6, 6.07) is 17.3. The summed E-state index contributed by atoms with van der Waals surface area (Å²) in [5.41, 5.74) is 2.50. The van der Waals surface area contributed by atoms with E-state index in [0.29, 0.717) is 12.1 Å². The zero-order chi connectivity index (χ0) is 22.9. The normalized spacial score (nSPS) is 19.5. The van der Waals surface area contributed by atoms with Crippen molar-refractivity contribution in [1.82, 2.24) is 15.5 Å². The minimum Gasteiger partial charge on any atom is -0.379 e. The fourth-order valence-electron chi connectivity index (χ4n) is 4.88. The van der Waals surface area contributed by atoms with Gasteiger partial charge in [-0.05, 0) is 36.1 Å². The molecule has 2 aromatic carbocycles. The Morgan fingerprint density at radius 1 is 1.00 bits per heavy atom. The maximum Gasteiger partial charge on any atom is 0.251 e. The molecule has 0 radical (unpaired) electrons. The quantitative estimate of drug-likeness (QED) is 0.574. The molecule has 1 saturated carbocycles. The number of nitrogens with one attached hydrogen (secondary N) is 2. The second-order valence-electron chi connectivity index (χ2n) is 9.29. The van der Waals surface area contributed by atoms with Crippen molar-refractivity contribution >= 4 is 12.2 Å². The fourth-order valence-corrected chi connectivity index (χ4v) is 4.88. The average molecular weight is 450 g/mol. The van der Waals surface area contributed by atoms with Gasteiger partial charge in [0.05, 0.1) is 24.8 Å². The number of hydrogen-bond donors (Lipinski definition) is 2. The molecule has 0 aromatic heterocycles. The van der Waals surface area contributed by atoms with Crippen LogP contribution in [0.1, 0.15) is 59.6 Å². The number of aldehydes is 1. The highest BCUT2D eigenvalue weighted by Gasteiger charge is 2.34. The lowest BCUT2D eigenvalue weighted by Gasteiger charge is -2.39. The maximum absolute atomic E-state index is 13.2. The van der Waals surface area contributed by atoms with Crippen LogP contribution < -0.4 is 10.6 Å². The summed E-state index contributed by atoms with van der Waals surface area (Å²) in [5, 5.41) is 6.75. The predicted molar refractivity (Wildman–Crippen MR) is 129 cm³/mol. The zero-order valence-electron chi connectivity index (χ0n) is 19.3. The van der Waals surface area contributed by atoms with Gasteiger partial charge in [0.2, 0.25) is 0 Å². The Balaban J connectivity index is 1.39. The third kappa shape index (κ3) is 6.50. The van der Waals surface area contributed by atoms with Crippen molar-refractivity contribution in [1.29, 1.82) is 0 Å². The molecule has 1 atom stereocenters. The fraction of sp³-hybridized carbons (Fsp3) is 0.481. The first-order valence-electron chi connectivity index (χ1n) is 12.1. The highest BCUT2D eigenvalue weighted by molar-refractivity contribution is 5.94. The first-order valence-corrected chi connectivity index (χ1v) is 12.1. The van der Waals surface area contributed by atoms with Crippen molar-refractivity contribution in [3.05, 3.63) is 71.3 Å². The van der Waals surface area contributed by atoms with Crippen LogP contribution in [-0.4, -0.2) is 55.5 Å². The SMILES string of the molecule is O=C[C@@H](NCC1(NC(=O)c2ccc(CN3CCOCC3)cc2)CCCCC1)c1ccccc1. The second kappa shape index (κ2) is 11.5. The van der Waals surface area contributed by atoms with E-state index in [1.807, 2.05) is 54.6 Å². The van der Waals surface area contributed by atoms with Crippen LogP contribution in [-0.2, 0) is 16.1 Å². The van der Waals surface area contributed by atoms with E-state index < -0.39 is 0 Å². The number of amides is 1. The van der Waals surface area contributed by atoms with Crippen molar-refractivity contribution in [3.63, 3.8) is 0 Å². The van der Waals surface area contributed by atoms with E-state index in [-0.39, 0.29) is 17.5 Å². The summed E-state index contributed by atoms with van der Waals surface area (Å²) in [6.45, 7) is 4.92. The average Bonchev–Trinajstić information content (AvgIpc) is 2.87. The van der Waals surface area contributed by atoms with E-state index in [9.17, 15) is 9.59 Å². The number of benzene rings is 2. The molecule has 2 fully saturated rings. The molecule has 176 valence electrons. The van der Waals surface area contributed by atoms with Gasteiger partial charge < -0.3 is 20.2 Å². The van der Waals surface area contributed by atoms with E-state index in [2.05, 4.69) is 15.5 Å². The molecule has 4 rings (SSSR count). The van der Waals surface area contributed by atoms with Crippen molar-refractivity contribution in [2.75, 3.05) is 32.8 Å². The Morgan fingerprint density at radius 3 is 2.36 bits per heavy atom. The number of rotatable bonds is 9. The molecule has 6 heteroatoms. The largest absolute Gasteiger partial charge is 0.379 e. The van der Waals surface area contributed by atoms with Gasteiger partial charge in [0.1, 0.15) is 6.29 Å². The van der Waals surface area contributed by atoms with Crippen LogP contribution in [0.2, 0.25) is 0 Å². The molecule has 1 aliphatic carbocycles. The molecule has 1 saturated heterocycles. The molecule has 1 aliphatic heterocycles. The molecule has 0 unspecified atom stereocenters. The first kappa shape index (κ1) is 23.6. The maximum atomic E-state index is 13.2. The molecule has 1 amide bonds. The Kier molecular flexibility index (Phi) is 8.26. The molecular formula is C27H35N3O3. The highest BCUT2D eigenvalue weighted by atomic mass is 16.5. The van der Waals surface area contributed by atoms with Gasteiger partial charge in [0, 0.05) is 31.7 Å². The van der Waals surface area contributed by atoms with Crippen LogP contribution in [0.4, 0.5) is 0 Å². The standard InChI is InChI=1S/C27H35N3O3/c31-20-25(23-7-3-1-4-8-23)28-21-27(13-5-2-6-14-27)29-26(32)24-11-9-22(10-12-24)19-30-15-17-33-18-16-30/h1,3-4,7-12,20,25,28H,2,5-6,13-19,21H2,(H,29,32)/t25-/m1/s1. The summed E-state index contributed by atoms with van der Waals surface area (Å²) in [6.07, 6.45) is 6.13. The minimum absolute atomic E-state index is 0.0426. The summed E-state index contributed by atoms with van der Waals surface area (Å²) >= 11 is 0. The van der Waals surface area contributed by atoms with Gasteiger partial charge in [-0.2, -0.15) is 0 Å². The lowest BCUT2D eigenvalue weighted by molar-refractivity contribution is -0.109. The van der Waals surface area contributed by atoms with Crippen molar-refractivity contribution in [2.45, 2.75) is 50.2 Å². The molecule has 2 aliphatic rings. The van der Waals surface area contributed by atoms with Gasteiger partial charge in [-0.3, -0.25) is 9.69 Å². The third-order valence-corrected chi connectivity index (χ3v) is 6.87. The van der Waals surface area contributed by atoms with Gasteiger partial charge in [-0.25, -0.2) is 0 Å². The number of ether oxygens (including phenoxy) is 1. The second-order valence-corrected chi connectivity index (χ2v) is 9.29. The summed E-state index contributed by atoms with van der Waals surface area (Å²) in [7, 11) is 0. The van der Waals surface area contributed by atoms with Crippen molar-refractivity contribution in [2.24, 2.45) is 0 Å². The Labute approximate surface area is 196 Å². The lowest BCUT2D eigenvalue weighted by Crippen LogP contribution is -2.56. The summed E-state index contributed by atoms with van der Waals surface area (Å²) < 4.78 is 5.42. The number of hydrogen-bond acceptors (Lipinski definition) is 5. The first-order chi connectivity index (χ1) is 16.2. The summed E-state index contributed by atoms with van der Waals surface area (Å²) in [5.74, 6) is -0.0426. The van der Waals surface area contributed by atoms with E-state index in [1.54, 1.807) is 0 Å². The van der Waals surface area contributed by atoms with Crippen molar-refractivity contribution < 1.29 is 14.3 Å². The lowest BCUT2D eigenvalue weighted by atomic mass is 9.81. The topological polar surface area (TPSA) is 70.7 Å². The molecule has 33 heavy (non-hydrogen) atoms. The third-order valence-electron chi connectivity index (χ3n) is 6.87. The van der Waals surface area contributed by atoms with Crippen LogP contribution in [0.25, 0.3) is 0 Å². The van der Waals surface area contributed by atoms with Gasteiger partial charge in [0.25, 0.3) is 5.91 Å². The number of carbonyl (C=O) groups excluding carboxylic acids is 2. The van der Waals surface area contributed by atoms with E-state index in [4.69, 9.17) is 4.74 Å². The molecule has 6 nitrogen and oxygen atoms in total. The smallest absolute Gasteiger partial charge is 0.251 e. The van der Waals surface area contributed by atoms with Crippen LogP contribution in [0.3, 0.4) is 0 Å². The van der Waals surface area contributed by atoms with E-state index >= 15 is 0 Å². The predicted octanol–water partition coefficient (Wildman–Crippen LogP) is 3.48. The van der Waals surface area contributed by atoms with Gasteiger partial charge in [-0.1, -0.05) is 61.7 Å². The van der Waals surface area contributed by atoms with Crippen LogP contribution in [0.15, 0.2) is 54.6 Å². The Bertz CT molecular complexity index is 889. The number of morpholine rings is 1. The van der Waals surface area contributed by atoms with Gasteiger partial charge in [0.15, 0.2) is 0 Å². The highest BCUT2D eigenvalue weighted by Crippen LogP contribution is 2.29. The number of carbonyl (C=O) groups is 2. The molecular weight excluding hydrogens is 414 g/mol. The van der Waals surface area contributed by atoms with E-state index in [0.717, 1.165) is 70.4 Å². The summed E-state index contributed by atoms with van der Waals surface area (Å²) in [4.78, 5) is 27.3. The molecule has 2 N–H and O–H groups in total. The zero-order valence-corrected chi connectivity index (χ0v) is 19.3. The van der Waals surface area contributed by atoms with Crippen LogP contribution >= 0.6 is 0 Å². The monoisotopic (exact) mass is 449 g/mol. The van der Waals surface area contributed by atoms with Gasteiger partial charge in [-0.15, -0.1) is 0 Å². The minimum atomic E-state index is -0.374. The van der Waals surface area contributed by atoms with Crippen LogP contribution in [0, 0.1) is 0 Å². The Hall–Kier alpha value is -2.54. The van der Waals surface area contributed by atoms with Crippen LogP contribution in [0.5, 0.6) is 0 Å². The van der Waals surface area contributed by atoms with Gasteiger partial charge >= 0.3 is 0 Å².